The lowest BCUT2D eigenvalue weighted by Gasteiger charge is -2.39. The first-order valence-corrected chi connectivity index (χ1v) is 15.4. The number of likely N-dealkylation sites (tertiary alicyclic amines) is 1. The van der Waals surface area contributed by atoms with Crippen molar-refractivity contribution in [2.75, 3.05) is 26.2 Å². The summed E-state index contributed by atoms with van der Waals surface area (Å²) in [5.41, 5.74) is 8.32. The summed E-state index contributed by atoms with van der Waals surface area (Å²) >= 11 is 0. The smallest absolute Gasteiger partial charge is 0.254 e. The molecule has 1 fully saturated rings. The first-order valence-electron chi connectivity index (χ1n) is 13.9. The number of guanidine groups is 1. The van der Waals surface area contributed by atoms with Gasteiger partial charge < -0.3 is 20.9 Å². The molecular formula is C31H32N6O4S. The quantitative estimate of drug-likeness (QED) is 0.234. The van der Waals surface area contributed by atoms with Gasteiger partial charge in [0.05, 0.1) is 22.5 Å². The summed E-state index contributed by atoms with van der Waals surface area (Å²) < 4.78 is 28.9. The van der Waals surface area contributed by atoms with Crippen molar-refractivity contribution in [3.63, 3.8) is 0 Å². The van der Waals surface area contributed by atoms with E-state index in [2.05, 4.69) is 20.0 Å². The average Bonchev–Trinajstić information content (AvgIpc) is 3.59. The van der Waals surface area contributed by atoms with Crippen LogP contribution in [0.1, 0.15) is 44.7 Å². The molecule has 2 aliphatic heterocycles. The van der Waals surface area contributed by atoms with E-state index in [0.717, 1.165) is 16.5 Å². The number of nitrogens with zero attached hydrogens (tertiary/aromatic N) is 2. The van der Waals surface area contributed by atoms with Crippen LogP contribution < -0.4 is 15.8 Å². The number of hydrogen-bond donors (Lipinski definition) is 4. The van der Waals surface area contributed by atoms with Crippen LogP contribution in [-0.4, -0.2) is 67.7 Å². The fourth-order valence-corrected chi connectivity index (χ4v) is 6.83. The van der Waals surface area contributed by atoms with Crippen LogP contribution in [-0.2, 0) is 16.4 Å². The van der Waals surface area contributed by atoms with E-state index in [0.29, 0.717) is 50.4 Å². The van der Waals surface area contributed by atoms with E-state index in [1.54, 1.807) is 41.3 Å². The Kier molecular flexibility index (Phi) is 7.29. The van der Waals surface area contributed by atoms with Gasteiger partial charge in [0.2, 0.25) is 10.0 Å². The third kappa shape index (κ3) is 5.40. The van der Waals surface area contributed by atoms with E-state index in [-0.39, 0.29) is 34.0 Å². The molecule has 1 amide bonds. The lowest BCUT2D eigenvalue weighted by molar-refractivity contribution is 0.0665. The predicted molar refractivity (Wildman–Crippen MR) is 161 cm³/mol. The number of carbonyl (C=O) groups is 2. The first-order chi connectivity index (χ1) is 20.2. The van der Waals surface area contributed by atoms with Crippen molar-refractivity contribution in [2.45, 2.75) is 29.7 Å². The maximum absolute atomic E-state index is 13.6. The highest BCUT2D eigenvalue weighted by molar-refractivity contribution is 7.89. The van der Waals surface area contributed by atoms with Gasteiger partial charge in [-0.15, -0.1) is 0 Å². The van der Waals surface area contributed by atoms with Crippen LogP contribution in [0.3, 0.4) is 0 Å². The molecule has 2 aliphatic rings. The number of aromatic amines is 1. The van der Waals surface area contributed by atoms with Crippen LogP contribution in [0, 0.1) is 0 Å². The van der Waals surface area contributed by atoms with Crippen molar-refractivity contribution in [2.24, 2.45) is 10.7 Å². The Morgan fingerprint density at radius 2 is 1.71 bits per heavy atom. The zero-order valence-corrected chi connectivity index (χ0v) is 23.8. The van der Waals surface area contributed by atoms with Crippen molar-refractivity contribution in [1.82, 2.24) is 19.9 Å². The Bertz CT molecular complexity index is 1800. The molecule has 42 heavy (non-hydrogen) atoms. The van der Waals surface area contributed by atoms with Gasteiger partial charge in [-0.25, -0.2) is 13.1 Å². The molecule has 4 aromatic rings. The molecule has 3 aromatic carbocycles. The number of rotatable bonds is 8. The summed E-state index contributed by atoms with van der Waals surface area (Å²) in [6.07, 6.45) is 3.79. The second kappa shape index (κ2) is 11.1. The van der Waals surface area contributed by atoms with E-state index in [1.165, 1.54) is 12.1 Å². The van der Waals surface area contributed by atoms with Gasteiger partial charge in [-0.3, -0.25) is 14.6 Å². The minimum absolute atomic E-state index is 0.0111. The summed E-state index contributed by atoms with van der Waals surface area (Å²) in [6.45, 7) is 1.81. The molecule has 1 spiro atoms. The van der Waals surface area contributed by atoms with Crippen molar-refractivity contribution in [1.29, 1.82) is 0 Å². The molecular weight excluding hydrogens is 552 g/mol. The van der Waals surface area contributed by atoms with Gasteiger partial charge in [-0.05, 0) is 49.1 Å². The Labute approximate surface area is 244 Å². The second-order valence-electron chi connectivity index (χ2n) is 10.8. The largest absolute Gasteiger partial charge is 0.370 e. The van der Waals surface area contributed by atoms with E-state index < -0.39 is 15.8 Å². The highest BCUT2D eigenvalue weighted by atomic mass is 32.2. The summed E-state index contributed by atoms with van der Waals surface area (Å²) in [5, 5.41) is 4.30. The monoisotopic (exact) mass is 584 g/mol. The molecule has 0 saturated carbocycles. The molecule has 0 aliphatic carbocycles. The Morgan fingerprint density at radius 3 is 2.48 bits per heavy atom. The van der Waals surface area contributed by atoms with Crippen molar-refractivity contribution < 1.29 is 18.0 Å². The Morgan fingerprint density at radius 1 is 0.976 bits per heavy atom. The van der Waals surface area contributed by atoms with E-state index in [4.69, 9.17) is 5.73 Å². The highest BCUT2D eigenvalue weighted by Crippen LogP contribution is 2.27. The number of benzene rings is 3. The number of nitrogens with one attached hydrogen (secondary N) is 3. The van der Waals surface area contributed by atoms with Crippen LogP contribution in [0.2, 0.25) is 0 Å². The zero-order chi connectivity index (χ0) is 29.3. The van der Waals surface area contributed by atoms with Gasteiger partial charge in [0.1, 0.15) is 0 Å². The third-order valence-electron chi connectivity index (χ3n) is 8.12. The fourth-order valence-electron chi connectivity index (χ4n) is 5.75. The van der Waals surface area contributed by atoms with Gasteiger partial charge in [-0.2, -0.15) is 0 Å². The van der Waals surface area contributed by atoms with Gasteiger partial charge >= 0.3 is 0 Å². The van der Waals surface area contributed by atoms with Crippen molar-refractivity contribution >= 4 is 38.6 Å². The van der Waals surface area contributed by atoms with Gasteiger partial charge in [-0.1, -0.05) is 48.5 Å². The number of aliphatic imine (C=N–C) groups is 1. The number of ketones is 1. The summed E-state index contributed by atoms with van der Waals surface area (Å²) in [5.74, 6) is -0.218. The molecule has 10 nitrogen and oxygen atoms in total. The fraction of sp³-hybridized carbons (Fsp3) is 0.258. The van der Waals surface area contributed by atoms with Crippen molar-refractivity contribution in [3.05, 3.63) is 101 Å². The standard InChI is InChI=1S/C31H32N6O4S/c32-30-34-20-31(36-30)13-16-37(17-14-31)29(39)26-10-2-1-9-25(26)28(38)21-6-5-7-23(18-21)42(40,41)35-15-12-22-19-33-27-11-4-3-8-24(22)27/h1-11,18-19,33,35H,12-17,20H2,(H3,32,34,36). The molecule has 0 bridgehead atoms. The normalized spacial score (nSPS) is 16.4. The molecule has 0 atom stereocenters. The number of fused-ring (bicyclic) bond motifs is 1. The predicted octanol–water partition coefficient (Wildman–Crippen LogP) is 2.81. The number of aromatic nitrogens is 1. The van der Waals surface area contributed by atoms with Crippen molar-refractivity contribution in [3.8, 4) is 0 Å². The number of nitrogens with two attached hydrogens (primary N) is 1. The molecule has 11 heteroatoms. The second-order valence-corrected chi connectivity index (χ2v) is 12.6. The molecule has 3 heterocycles. The van der Waals surface area contributed by atoms with E-state index in [9.17, 15) is 18.0 Å². The molecule has 5 N–H and O–H groups in total. The third-order valence-corrected chi connectivity index (χ3v) is 9.58. The molecule has 0 radical (unpaired) electrons. The average molecular weight is 585 g/mol. The number of sulfonamides is 1. The Hall–Kier alpha value is -4.48. The molecule has 216 valence electrons. The van der Waals surface area contributed by atoms with Gasteiger partial charge in [0, 0.05) is 47.9 Å². The lowest BCUT2D eigenvalue weighted by Crippen LogP contribution is -2.55. The topological polar surface area (TPSA) is 150 Å². The number of para-hydroxylation sites is 1. The number of hydrogen-bond acceptors (Lipinski definition) is 7. The Balaban J connectivity index is 1.15. The van der Waals surface area contributed by atoms with Gasteiger partial charge in [0.15, 0.2) is 11.7 Å². The van der Waals surface area contributed by atoms with Crippen LogP contribution in [0.25, 0.3) is 10.9 Å². The SMILES string of the molecule is NC1=NCC2(CCN(C(=O)c3ccccc3C(=O)c3cccc(S(=O)(=O)NCCc4c[nH]c5ccccc45)c3)CC2)N1. The lowest BCUT2D eigenvalue weighted by atomic mass is 9.87. The maximum atomic E-state index is 13.6. The molecule has 1 aromatic heterocycles. The molecule has 1 saturated heterocycles. The minimum Gasteiger partial charge on any atom is -0.370 e. The summed E-state index contributed by atoms with van der Waals surface area (Å²) in [6, 6.07) is 20.4. The summed E-state index contributed by atoms with van der Waals surface area (Å²) in [7, 11) is -3.88. The highest BCUT2D eigenvalue weighted by Gasteiger charge is 2.39. The first kappa shape index (κ1) is 27.7. The minimum atomic E-state index is -3.88. The van der Waals surface area contributed by atoms with E-state index in [1.807, 2.05) is 30.5 Å². The number of amides is 1. The summed E-state index contributed by atoms with van der Waals surface area (Å²) in [4.78, 5) is 36.4. The van der Waals surface area contributed by atoms with Crippen LogP contribution in [0.4, 0.5) is 0 Å². The number of carbonyl (C=O) groups excluding carboxylic acids is 2. The van der Waals surface area contributed by atoms with Gasteiger partial charge in [0.25, 0.3) is 5.91 Å². The number of piperidine rings is 1. The zero-order valence-electron chi connectivity index (χ0n) is 23.0. The molecule has 6 rings (SSSR count). The van der Waals surface area contributed by atoms with Crippen LogP contribution in [0.5, 0.6) is 0 Å². The molecule has 0 unspecified atom stereocenters. The number of H-pyrrole nitrogens is 1. The van der Waals surface area contributed by atoms with E-state index >= 15 is 0 Å². The van der Waals surface area contributed by atoms with Crippen LogP contribution >= 0.6 is 0 Å². The van der Waals surface area contributed by atoms with Crippen LogP contribution in [0.15, 0.2) is 88.9 Å². The maximum Gasteiger partial charge on any atom is 0.254 e.